The Kier molecular flexibility index (Phi) is 10.2. The Morgan fingerprint density at radius 2 is 1.82 bits per heavy atom. The molecular weight excluding hydrogens is 474 g/mol. The van der Waals surface area contributed by atoms with E-state index in [1.807, 2.05) is 33.8 Å². The van der Waals surface area contributed by atoms with Gasteiger partial charge in [0.05, 0.1) is 12.8 Å². The first kappa shape index (κ1) is 28.1. The molecule has 0 N–H and O–H groups in total. The fraction of sp³-hybridized carbons (Fsp3) is 0.581. The molecule has 0 saturated carbocycles. The number of ether oxygens (including phenoxy) is 1. The molecule has 0 bridgehead atoms. The highest BCUT2D eigenvalue weighted by atomic mass is 16.5. The van der Waals surface area contributed by atoms with Crippen LogP contribution in [0.4, 0.5) is 0 Å². The maximum Gasteiger partial charge on any atom is 0.272 e. The summed E-state index contributed by atoms with van der Waals surface area (Å²) in [7, 11) is 1.68. The highest BCUT2D eigenvalue weighted by molar-refractivity contribution is 5.93. The minimum Gasteiger partial charge on any atom is -0.497 e. The summed E-state index contributed by atoms with van der Waals surface area (Å²) in [6, 6.07) is 9.88. The zero-order valence-corrected chi connectivity index (χ0v) is 23.8. The van der Waals surface area contributed by atoms with Crippen molar-refractivity contribution in [3.8, 4) is 17.0 Å². The number of fused-ring (bicyclic) bond motifs is 1. The summed E-state index contributed by atoms with van der Waals surface area (Å²) in [5.41, 5.74) is 4.39. The second kappa shape index (κ2) is 13.7. The minimum absolute atomic E-state index is 0.0214. The van der Waals surface area contributed by atoms with Crippen LogP contribution in [-0.2, 0) is 6.42 Å². The predicted molar refractivity (Wildman–Crippen MR) is 154 cm³/mol. The second-order valence-electron chi connectivity index (χ2n) is 11.0. The molecule has 7 nitrogen and oxygen atoms in total. The van der Waals surface area contributed by atoms with E-state index in [0.717, 1.165) is 80.0 Å². The van der Waals surface area contributed by atoms with Crippen molar-refractivity contribution in [3.05, 3.63) is 47.8 Å². The highest BCUT2D eigenvalue weighted by Gasteiger charge is 2.21. The summed E-state index contributed by atoms with van der Waals surface area (Å²) in [6.45, 7) is 11.6. The van der Waals surface area contributed by atoms with E-state index in [9.17, 15) is 4.79 Å². The number of hydrogen-bond donors (Lipinski definition) is 0. The zero-order valence-electron chi connectivity index (χ0n) is 23.8. The van der Waals surface area contributed by atoms with E-state index >= 15 is 0 Å². The van der Waals surface area contributed by atoms with Crippen LogP contribution in [0, 0.1) is 5.92 Å². The number of amides is 1. The summed E-state index contributed by atoms with van der Waals surface area (Å²) >= 11 is 0. The summed E-state index contributed by atoms with van der Waals surface area (Å²) in [5, 5.41) is 4.93. The molecule has 1 fully saturated rings. The number of unbranched alkanes of at least 4 members (excludes halogenated alkanes) is 1. The van der Waals surface area contributed by atoms with Gasteiger partial charge in [-0.25, -0.2) is 9.50 Å². The van der Waals surface area contributed by atoms with Gasteiger partial charge < -0.3 is 14.5 Å². The molecule has 1 aromatic carbocycles. The molecule has 1 aliphatic rings. The molecule has 0 radical (unpaired) electrons. The summed E-state index contributed by atoms with van der Waals surface area (Å²) in [5.74, 6) is 1.40. The molecule has 7 heteroatoms. The third-order valence-electron chi connectivity index (χ3n) is 7.56. The number of benzene rings is 1. The van der Waals surface area contributed by atoms with Crippen LogP contribution >= 0.6 is 0 Å². The SMILES string of the molecule is CCCCN(CCC(C)C)C(=O)c1ccn2nc(-c3ccc(OC)cc3)c(CCCN3CCCCC3)c2n1. The fourth-order valence-corrected chi connectivity index (χ4v) is 5.21. The summed E-state index contributed by atoms with van der Waals surface area (Å²) in [6.07, 6.45) is 10.8. The van der Waals surface area contributed by atoms with Crippen LogP contribution in [0.25, 0.3) is 16.9 Å². The predicted octanol–water partition coefficient (Wildman–Crippen LogP) is 6.11. The number of carbonyl (C=O) groups is 1. The number of aryl methyl sites for hydroxylation is 1. The first-order valence-corrected chi connectivity index (χ1v) is 14.5. The van der Waals surface area contributed by atoms with E-state index in [-0.39, 0.29) is 5.91 Å². The lowest BCUT2D eigenvalue weighted by molar-refractivity contribution is 0.0740. The number of aromatic nitrogens is 3. The van der Waals surface area contributed by atoms with Gasteiger partial charge in [0.15, 0.2) is 5.65 Å². The number of piperidine rings is 1. The normalized spacial score (nSPS) is 14.3. The van der Waals surface area contributed by atoms with E-state index in [1.165, 1.54) is 32.4 Å². The highest BCUT2D eigenvalue weighted by Crippen LogP contribution is 2.29. The van der Waals surface area contributed by atoms with Crippen molar-refractivity contribution < 1.29 is 9.53 Å². The Morgan fingerprint density at radius 3 is 2.50 bits per heavy atom. The molecule has 2 aromatic heterocycles. The molecule has 3 heterocycles. The lowest BCUT2D eigenvalue weighted by Gasteiger charge is -2.26. The monoisotopic (exact) mass is 519 g/mol. The van der Waals surface area contributed by atoms with E-state index in [0.29, 0.717) is 11.6 Å². The van der Waals surface area contributed by atoms with Crippen molar-refractivity contribution in [2.45, 2.75) is 72.1 Å². The average Bonchev–Trinajstić information content (AvgIpc) is 3.31. The van der Waals surface area contributed by atoms with Gasteiger partial charge in [-0.3, -0.25) is 4.79 Å². The van der Waals surface area contributed by atoms with Crippen LogP contribution in [0.5, 0.6) is 5.75 Å². The molecule has 0 atom stereocenters. The largest absolute Gasteiger partial charge is 0.497 e. The van der Waals surface area contributed by atoms with Crippen molar-refractivity contribution >= 4 is 11.6 Å². The lowest BCUT2D eigenvalue weighted by Crippen LogP contribution is -2.34. The standard InChI is InChI=1S/C31H45N5O2/c1-5-6-21-35(22-16-24(2)3)31(37)28-17-23-36-30(32-28)27(11-10-20-34-18-8-7-9-19-34)29(33-36)25-12-14-26(38-4)15-13-25/h12-15,17,23-24H,5-11,16,18-22H2,1-4H3. The van der Waals surface area contributed by atoms with Crippen LogP contribution in [0.3, 0.4) is 0 Å². The maximum absolute atomic E-state index is 13.6. The van der Waals surface area contributed by atoms with Crippen LogP contribution in [0.2, 0.25) is 0 Å². The number of carbonyl (C=O) groups excluding carboxylic acids is 1. The van der Waals surface area contributed by atoms with Crippen LogP contribution < -0.4 is 4.74 Å². The maximum atomic E-state index is 13.6. The smallest absolute Gasteiger partial charge is 0.272 e. The van der Waals surface area contributed by atoms with E-state index < -0.39 is 0 Å². The van der Waals surface area contributed by atoms with Crippen molar-refractivity contribution in [2.24, 2.45) is 5.92 Å². The molecular formula is C31H45N5O2. The van der Waals surface area contributed by atoms with E-state index in [1.54, 1.807) is 7.11 Å². The average molecular weight is 520 g/mol. The van der Waals surface area contributed by atoms with Crippen molar-refractivity contribution in [3.63, 3.8) is 0 Å². The lowest BCUT2D eigenvalue weighted by atomic mass is 10.0. The van der Waals surface area contributed by atoms with Gasteiger partial charge in [-0.2, -0.15) is 5.10 Å². The first-order chi connectivity index (χ1) is 18.5. The quantitative estimate of drug-likeness (QED) is 0.273. The molecule has 1 amide bonds. The number of hydrogen-bond acceptors (Lipinski definition) is 5. The molecule has 0 unspecified atom stereocenters. The van der Waals surface area contributed by atoms with E-state index in [4.69, 9.17) is 14.8 Å². The van der Waals surface area contributed by atoms with Crippen LogP contribution in [0.15, 0.2) is 36.5 Å². The fourth-order valence-electron chi connectivity index (χ4n) is 5.21. The number of methoxy groups -OCH3 is 1. The van der Waals surface area contributed by atoms with Gasteiger partial charge >= 0.3 is 0 Å². The Hall–Kier alpha value is -2.93. The first-order valence-electron chi connectivity index (χ1n) is 14.5. The molecule has 3 aromatic rings. The van der Waals surface area contributed by atoms with Crippen molar-refractivity contribution in [2.75, 3.05) is 39.8 Å². The van der Waals surface area contributed by atoms with Gasteiger partial charge in [0.1, 0.15) is 11.4 Å². The molecule has 206 valence electrons. The van der Waals surface area contributed by atoms with Gasteiger partial charge in [0.25, 0.3) is 5.91 Å². The molecule has 1 saturated heterocycles. The van der Waals surface area contributed by atoms with Gasteiger partial charge in [-0.15, -0.1) is 0 Å². The Balaban J connectivity index is 1.64. The van der Waals surface area contributed by atoms with Crippen LogP contribution in [0.1, 0.15) is 81.8 Å². The van der Waals surface area contributed by atoms with Gasteiger partial charge in [0.2, 0.25) is 0 Å². The molecule has 0 spiro atoms. The summed E-state index contributed by atoms with van der Waals surface area (Å²) in [4.78, 5) is 23.1. The number of rotatable bonds is 13. The molecule has 4 rings (SSSR count). The van der Waals surface area contributed by atoms with Crippen molar-refractivity contribution in [1.29, 1.82) is 0 Å². The van der Waals surface area contributed by atoms with Gasteiger partial charge in [-0.1, -0.05) is 33.6 Å². The molecule has 1 aliphatic heterocycles. The summed E-state index contributed by atoms with van der Waals surface area (Å²) < 4.78 is 7.21. The zero-order chi connectivity index (χ0) is 26.9. The number of nitrogens with zero attached hydrogens (tertiary/aromatic N) is 5. The van der Waals surface area contributed by atoms with Crippen LogP contribution in [-0.4, -0.2) is 70.1 Å². The number of likely N-dealkylation sites (tertiary alicyclic amines) is 1. The van der Waals surface area contributed by atoms with E-state index in [2.05, 4.69) is 37.8 Å². The van der Waals surface area contributed by atoms with Gasteiger partial charge in [0, 0.05) is 30.4 Å². The Labute approximate surface area is 228 Å². The second-order valence-corrected chi connectivity index (χ2v) is 11.0. The Bertz CT molecular complexity index is 1160. The molecule has 38 heavy (non-hydrogen) atoms. The Morgan fingerprint density at radius 1 is 1.05 bits per heavy atom. The van der Waals surface area contributed by atoms with Gasteiger partial charge in [-0.05, 0) is 94.4 Å². The third-order valence-corrected chi connectivity index (χ3v) is 7.56. The topological polar surface area (TPSA) is 63.0 Å². The molecule has 0 aliphatic carbocycles. The third kappa shape index (κ3) is 7.13. The minimum atomic E-state index is 0.0214. The van der Waals surface area contributed by atoms with Crippen molar-refractivity contribution in [1.82, 2.24) is 24.4 Å².